The maximum Gasteiger partial charge on any atom is 0.417 e. The smallest absolute Gasteiger partial charge is 0.353 e. The second-order valence-corrected chi connectivity index (χ2v) is 8.89. The largest absolute Gasteiger partial charge is 0.417 e. The number of carbonyl (C=O) groups excluding carboxylic acids is 1. The highest BCUT2D eigenvalue weighted by molar-refractivity contribution is 7.89. The fourth-order valence-corrected chi connectivity index (χ4v) is 4.14. The highest BCUT2D eigenvalue weighted by Crippen LogP contribution is 2.31. The third-order valence-corrected chi connectivity index (χ3v) is 6.32. The van der Waals surface area contributed by atoms with Crippen molar-refractivity contribution < 1.29 is 39.6 Å². The van der Waals surface area contributed by atoms with Crippen LogP contribution in [0.15, 0.2) is 47.5 Å². The van der Waals surface area contributed by atoms with Gasteiger partial charge in [-0.05, 0) is 30.3 Å². The summed E-state index contributed by atoms with van der Waals surface area (Å²) in [6.07, 6.45) is -8.50. The molecule has 1 fully saturated rings. The van der Waals surface area contributed by atoms with E-state index in [-0.39, 0.29) is 26.2 Å². The summed E-state index contributed by atoms with van der Waals surface area (Å²) in [6, 6.07) is 5.27. The van der Waals surface area contributed by atoms with Gasteiger partial charge in [-0.25, -0.2) is 18.1 Å². The van der Waals surface area contributed by atoms with Crippen molar-refractivity contribution in [3.05, 3.63) is 53.7 Å². The first-order valence-corrected chi connectivity index (χ1v) is 11.0. The zero-order valence-electron chi connectivity index (χ0n) is 16.8. The molecule has 1 saturated heterocycles. The number of nitrogens with zero attached hydrogens (tertiary/aromatic N) is 3. The van der Waals surface area contributed by atoms with Gasteiger partial charge in [0.2, 0.25) is 15.9 Å². The Hall–Kier alpha value is -2.87. The van der Waals surface area contributed by atoms with Crippen LogP contribution < -0.4 is 9.62 Å². The standard InChI is InChI=1S/C19H18F6N4O3S/c20-18(21,22)13-2-1-3-15(10-13)33(31,32)27-12-17(30)29-8-6-28(7-9-29)16-5-4-14(11-26-16)19(23,24)25/h1-5,10-11,27H,6-9,12H2. The molecule has 180 valence electrons. The van der Waals surface area contributed by atoms with Gasteiger partial charge in [0.05, 0.1) is 22.6 Å². The number of hydrogen-bond donors (Lipinski definition) is 1. The number of pyridine rings is 1. The lowest BCUT2D eigenvalue weighted by Crippen LogP contribution is -2.51. The molecule has 14 heteroatoms. The van der Waals surface area contributed by atoms with Crippen LogP contribution in [-0.4, -0.2) is 56.9 Å². The Morgan fingerprint density at radius 1 is 0.939 bits per heavy atom. The summed E-state index contributed by atoms with van der Waals surface area (Å²) >= 11 is 0. The van der Waals surface area contributed by atoms with Crippen molar-refractivity contribution in [2.45, 2.75) is 17.2 Å². The molecule has 7 nitrogen and oxygen atoms in total. The van der Waals surface area contributed by atoms with E-state index in [1.165, 1.54) is 11.0 Å². The molecule has 1 aliphatic heterocycles. The van der Waals surface area contributed by atoms with Gasteiger partial charge < -0.3 is 9.80 Å². The fourth-order valence-electron chi connectivity index (χ4n) is 3.12. The second-order valence-electron chi connectivity index (χ2n) is 7.12. The van der Waals surface area contributed by atoms with Crippen LogP contribution in [0, 0.1) is 0 Å². The zero-order chi connectivity index (χ0) is 24.4. The predicted octanol–water partition coefficient (Wildman–Crippen LogP) is 2.75. The minimum atomic E-state index is -4.72. The van der Waals surface area contributed by atoms with Crippen LogP contribution in [0.3, 0.4) is 0 Å². The molecular formula is C19H18F6N4O3S. The summed E-state index contributed by atoms with van der Waals surface area (Å²) in [4.78, 5) is 18.6. The Labute approximate surface area is 185 Å². The lowest BCUT2D eigenvalue weighted by atomic mass is 10.2. The first kappa shape index (κ1) is 24.8. The second kappa shape index (κ2) is 9.17. The van der Waals surface area contributed by atoms with E-state index in [9.17, 15) is 39.6 Å². The fraction of sp³-hybridized carbons (Fsp3) is 0.368. The third kappa shape index (κ3) is 6.13. The number of aromatic nitrogens is 1. The van der Waals surface area contributed by atoms with Crippen molar-refractivity contribution in [1.29, 1.82) is 0 Å². The van der Waals surface area contributed by atoms with Crippen LogP contribution in [0.4, 0.5) is 32.2 Å². The van der Waals surface area contributed by atoms with E-state index in [0.717, 1.165) is 30.5 Å². The molecule has 0 saturated carbocycles. The van der Waals surface area contributed by atoms with Crippen molar-refractivity contribution in [1.82, 2.24) is 14.6 Å². The summed E-state index contributed by atoms with van der Waals surface area (Å²) < 4.78 is 103. The molecule has 2 aromatic rings. The highest BCUT2D eigenvalue weighted by atomic mass is 32.2. The van der Waals surface area contributed by atoms with Crippen LogP contribution in [0.25, 0.3) is 0 Å². The topological polar surface area (TPSA) is 82.6 Å². The number of hydrogen-bond acceptors (Lipinski definition) is 5. The van der Waals surface area contributed by atoms with Crippen molar-refractivity contribution >= 4 is 21.7 Å². The summed E-state index contributed by atoms with van der Waals surface area (Å²) in [5, 5.41) is 0. The molecule has 0 bridgehead atoms. The number of amides is 1. The number of nitrogens with one attached hydrogen (secondary N) is 1. The van der Waals surface area contributed by atoms with Crippen LogP contribution >= 0.6 is 0 Å². The Morgan fingerprint density at radius 2 is 1.58 bits per heavy atom. The van der Waals surface area contributed by atoms with Crippen LogP contribution in [-0.2, 0) is 27.2 Å². The number of benzene rings is 1. The van der Waals surface area contributed by atoms with Crippen molar-refractivity contribution in [3.63, 3.8) is 0 Å². The lowest BCUT2D eigenvalue weighted by molar-refractivity contribution is -0.138. The molecule has 33 heavy (non-hydrogen) atoms. The minimum absolute atomic E-state index is 0.160. The molecule has 0 spiro atoms. The van der Waals surface area contributed by atoms with E-state index in [1.54, 1.807) is 4.90 Å². The first-order valence-electron chi connectivity index (χ1n) is 9.50. The first-order chi connectivity index (χ1) is 15.3. The quantitative estimate of drug-likeness (QED) is 0.644. The number of carbonyl (C=O) groups is 1. The van der Waals surface area contributed by atoms with Gasteiger partial charge in [0.25, 0.3) is 0 Å². The van der Waals surface area contributed by atoms with Crippen molar-refractivity contribution in [2.75, 3.05) is 37.6 Å². The Kier molecular flexibility index (Phi) is 6.88. The Morgan fingerprint density at radius 3 is 2.12 bits per heavy atom. The van der Waals surface area contributed by atoms with E-state index in [4.69, 9.17) is 0 Å². The van der Waals surface area contributed by atoms with Crippen molar-refractivity contribution in [2.24, 2.45) is 0 Å². The molecule has 2 heterocycles. The van der Waals surface area contributed by atoms with Crippen LogP contribution in [0.5, 0.6) is 0 Å². The normalized spacial score (nSPS) is 15.6. The van der Waals surface area contributed by atoms with E-state index in [1.807, 2.05) is 4.72 Å². The van der Waals surface area contributed by atoms with Gasteiger partial charge in [-0.3, -0.25) is 4.79 Å². The molecule has 0 unspecified atom stereocenters. The van der Waals surface area contributed by atoms with Gasteiger partial charge >= 0.3 is 12.4 Å². The van der Waals surface area contributed by atoms with Crippen molar-refractivity contribution in [3.8, 4) is 0 Å². The number of anilines is 1. The average Bonchev–Trinajstić information content (AvgIpc) is 2.77. The highest BCUT2D eigenvalue weighted by Gasteiger charge is 2.33. The van der Waals surface area contributed by atoms with Crippen LogP contribution in [0.2, 0.25) is 0 Å². The molecule has 1 aliphatic rings. The average molecular weight is 496 g/mol. The predicted molar refractivity (Wildman–Crippen MR) is 105 cm³/mol. The maximum absolute atomic E-state index is 12.8. The SMILES string of the molecule is O=C(CNS(=O)(=O)c1cccc(C(F)(F)F)c1)N1CCN(c2ccc(C(F)(F)F)cn2)CC1. The van der Waals surface area contributed by atoms with Gasteiger partial charge in [-0.15, -0.1) is 0 Å². The Bertz CT molecular complexity index is 1100. The van der Waals surface area contributed by atoms with E-state index < -0.39 is 50.9 Å². The van der Waals surface area contributed by atoms with Gasteiger partial charge in [0.1, 0.15) is 5.82 Å². The molecule has 1 N–H and O–H groups in total. The summed E-state index contributed by atoms with van der Waals surface area (Å²) in [6.45, 7) is 0.172. The number of rotatable bonds is 5. The summed E-state index contributed by atoms with van der Waals surface area (Å²) in [7, 11) is -4.36. The van der Waals surface area contributed by atoms with Gasteiger partial charge in [-0.2, -0.15) is 26.3 Å². The lowest BCUT2D eigenvalue weighted by Gasteiger charge is -2.35. The molecule has 0 atom stereocenters. The summed E-state index contributed by atoms with van der Waals surface area (Å²) in [5.41, 5.74) is -2.02. The third-order valence-electron chi connectivity index (χ3n) is 4.92. The Balaban J connectivity index is 1.55. The molecule has 1 amide bonds. The van der Waals surface area contributed by atoms with Gasteiger partial charge in [0, 0.05) is 32.4 Å². The zero-order valence-corrected chi connectivity index (χ0v) is 17.6. The van der Waals surface area contributed by atoms with E-state index >= 15 is 0 Å². The number of halogens is 6. The van der Waals surface area contributed by atoms with E-state index in [2.05, 4.69) is 4.98 Å². The number of sulfonamides is 1. The molecule has 3 rings (SSSR count). The monoisotopic (exact) mass is 496 g/mol. The molecule has 1 aromatic heterocycles. The van der Waals surface area contributed by atoms with Gasteiger partial charge in [-0.1, -0.05) is 6.07 Å². The molecule has 1 aromatic carbocycles. The minimum Gasteiger partial charge on any atom is -0.353 e. The van der Waals surface area contributed by atoms with Crippen LogP contribution in [0.1, 0.15) is 11.1 Å². The molecule has 0 radical (unpaired) electrons. The number of piperazine rings is 1. The number of alkyl halides is 6. The van der Waals surface area contributed by atoms with Gasteiger partial charge in [0.15, 0.2) is 0 Å². The maximum atomic E-state index is 12.8. The molecule has 0 aliphatic carbocycles. The molecular weight excluding hydrogens is 478 g/mol. The summed E-state index contributed by atoms with van der Waals surface area (Å²) in [5.74, 6) is -0.286. The van der Waals surface area contributed by atoms with E-state index in [0.29, 0.717) is 11.9 Å².